The summed E-state index contributed by atoms with van der Waals surface area (Å²) in [7, 11) is 0. The number of amides is 1. The summed E-state index contributed by atoms with van der Waals surface area (Å²) in [6, 6.07) is 4.16. The molecule has 4 aliphatic rings. The van der Waals surface area contributed by atoms with Crippen molar-refractivity contribution < 1.29 is 20.1 Å². The second-order valence-corrected chi connectivity index (χ2v) is 14.3. The van der Waals surface area contributed by atoms with Gasteiger partial charge < -0.3 is 20.6 Å². The first-order chi connectivity index (χ1) is 17.1. The molecule has 0 radical (unpaired) electrons. The predicted octanol–water partition coefficient (Wildman–Crippen LogP) is 4.78. The molecule has 0 aliphatic heterocycles. The van der Waals surface area contributed by atoms with Crippen molar-refractivity contribution in [2.75, 3.05) is 6.54 Å². The average Bonchev–Trinajstić information content (AvgIpc) is 3.48. The van der Waals surface area contributed by atoms with E-state index in [1.807, 2.05) is 6.07 Å². The second-order valence-electron chi connectivity index (χ2n) is 13.2. The Hall–Kier alpha value is -0.950. The van der Waals surface area contributed by atoms with E-state index in [0.29, 0.717) is 42.6 Å². The molecule has 202 valence electrons. The van der Waals surface area contributed by atoms with E-state index < -0.39 is 0 Å². The lowest BCUT2D eigenvalue weighted by atomic mass is 9.43. The Bertz CT molecular complexity index is 907. The van der Waals surface area contributed by atoms with Crippen LogP contribution in [-0.4, -0.2) is 46.1 Å². The summed E-state index contributed by atoms with van der Waals surface area (Å²) in [5.41, 5.74) is -0.0923. The molecule has 5 rings (SSSR count). The van der Waals surface area contributed by atoms with Crippen LogP contribution < -0.4 is 5.32 Å². The van der Waals surface area contributed by atoms with Gasteiger partial charge in [0.2, 0.25) is 5.91 Å². The summed E-state index contributed by atoms with van der Waals surface area (Å²) >= 11 is 1.73. The highest BCUT2D eigenvalue weighted by Gasteiger charge is 2.65. The van der Waals surface area contributed by atoms with E-state index in [1.165, 1.54) is 4.88 Å². The first-order valence-electron chi connectivity index (χ1n) is 14.5. The van der Waals surface area contributed by atoms with Crippen LogP contribution in [0.25, 0.3) is 0 Å². The molecule has 1 aromatic heterocycles. The summed E-state index contributed by atoms with van der Waals surface area (Å²) in [5.74, 6) is 2.12. The summed E-state index contributed by atoms with van der Waals surface area (Å²) in [6.07, 6.45) is 7.68. The summed E-state index contributed by atoms with van der Waals surface area (Å²) in [4.78, 5) is 13.8. The van der Waals surface area contributed by atoms with Crippen molar-refractivity contribution in [2.24, 2.45) is 46.3 Å². The number of aliphatic hydroxyl groups excluding tert-OH is 3. The quantitative estimate of drug-likeness (QED) is 0.419. The smallest absolute Gasteiger partial charge is 0.220 e. The highest BCUT2D eigenvalue weighted by Crippen LogP contribution is 2.68. The number of aliphatic hydroxyl groups is 3. The topological polar surface area (TPSA) is 89.8 Å². The van der Waals surface area contributed by atoms with Gasteiger partial charge in [-0.25, -0.2) is 0 Å². The fraction of sp³-hybridized carbons (Fsp3) is 0.833. The number of fused-ring (bicyclic) bond motifs is 5. The standard InChI is InChI=1S/C30H47NO4S/c1-18(6-9-27(35)31-13-11-21-5-4-14-36-21)22-7-8-23-28-24(17-26(34)30(22,23)3)29(2)12-10-20(32)15-19(29)16-25(28)33/h4-5,14,18-20,22-26,28,32-34H,6-13,15-17H2,1-3H3,(H,31,35)/t18-,19+,20-,22-,23+,24+,25-,26+,28+,29+,30-/m1/s1. The van der Waals surface area contributed by atoms with E-state index in [4.69, 9.17) is 0 Å². The third-order valence-electron chi connectivity index (χ3n) is 11.6. The molecule has 0 saturated heterocycles. The zero-order valence-corrected chi connectivity index (χ0v) is 23.2. The molecule has 0 bridgehead atoms. The van der Waals surface area contributed by atoms with Crippen LogP contribution in [0.4, 0.5) is 0 Å². The molecule has 5 nitrogen and oxygen atoms in total. The number of hydrogen-bond donors (Lipinski definition) is 4. The Balaban J connectivity index is 1.22. The van der Waals surface area contributed by atoms with Gasteiger partial charge in [-0.05, 0) is 116 Å². The molecule has 11 atom stereocenters. The molecule has 0 unspecified atom stereocenters. The highest BCUT2D eigenvalue weighted by molar-refractivity contribution is 7.09. The van der Waals surface area contributed by atoms with Crippen LogP contribution in [-0.2, 0) is 11.2 Å². The van der Waals surface area contributed by atoms with E-state index in [1.54, 1.807) is 11.3 Å². The molecular weight excluding hydrogens is 470 g/mol. The predicted molar refractivity (Wildman–Crippen MR) is 143 cm³/mol. The van der Waals surface area contributed by atoms with Crippen molar-refractivity contribution in [1.82, 2.24) is 5.32 Å². The third kappa shape index (κ3) is 4.58. The van der Waals surface area contributed by atoms with Gasteiger partial charge in [-0.1, -0.05) is 26.8 Å². The minimum atomic E-state index is -0.368. The first kappa shape index (κ1) is 26.6. The lowest BCUT2D eigenvalue weighted by Crippen LogP contribution is -2.62. The number of thiophene rings is 1. The van der Waals surface area contributed by atoms with Gasteiger partial charge in [-0.2, -0.15) is 0 Å². The van der Waals surface area contributed by atoms with Gasteiger partial charge in [-0.3, -0.25) is 4.79 Å². The zero-order valence-electron chi connectivity index (χ0n) is 22.4. The van der Waals surface area contributed by atoms with Gasteiger partial charge in [0, 0.05) is 17.8 Å². The van der Waals surface area contributed by atoms with E-state index in [-0.39, 0.29) is 41.0 Å². The van der Waals surface area contributed by atoms with Gasteiger partial charge in [0.05, 0.1) is 18.3 Å². The minimum absolute atomic E-state index is 0.107. The largest absolute Gasteiger partial charge is 0.393 e. The van der Waals surface area contributed by atoms with Gasteiger partial charge in [-0.15, -0.1) is 11.3 Å². The van der Waals surface area contributed by atoms with Crippen LogP contribution in [0.1, 0.15) is 83.4 Å². The Labute approximate surface area is 221 Å². The summed E-state index contributed by atoms with van der Waals surface area (Å²) < 4.78 is 0. The first-order valence-corrected chi connectivity index (χ1v) is 15.4. The Morgan fingerprint density at radius 3 is 2.69 bits per heavy atom. The van der Waals surface area contributed by atoms with Crippen LogP contribution in [0, 0.1) is 46.3 Å². The molecule has 1 aromatic rings. The molecular formula is C30H47NO4S. The van der Waals surface area contributed by atoms with Crippen LogP contribution in [0.2, 0.25) is 0 Å². The van der Waals surface area contributed by atoms with Crippen LogP contribution in [0.3, 0.4) is 0 Å². The molecule has 4 fully saturated rings. The van der Waals surface area contributed by atoms with Crippen molar-refractivity contribution in [1.29, 1.82) is 0 Å². The van der Waals surface area contributed by atoms with Crippen LogP contribution >= 0.6 is 11.3 Å². The fourth-order valence-electron chi connectivity index (χ4n) is 9.56. The maximum atomic E-state index is 12.5. The van der Waals surface area contributed by atoms with Crippen molar-refractivity contribution in [3.05, 3.63) is 22.4 Å². The van der Waals surface area contributed by atoms with Crippen LogP contribution in [0.5, 0.6) is 0 Å². The summed E-state index contributed by atoms with van der Waals surface area (Å²) in [5, 5.41) is 38.6. The van der Waals surface area contributed by atoms with Gasteiger partial charge in [0.15, 0.2) is 0 Å². The molecule has 4 saturated carbocycles. The number of hydrogen-bond acceptors (Lipinski definition) is 5. The zero-order chi connectivity index (χ0) is 25.7. The average molecular weight is 518 g/mol. The monoisotopic (exact) mass is 517 g/mol. The molecule has 4 N–H and O–H groups in total. The Morgan fingerprint density at radius 1 is 1.14 bits per heavy atom. The number of carbonyl (C=O) groups excluding carboxylic acids is 1. The Morgan fingerprint density at radius 2 is 1.94 bits per heavy atom. The van der Waals surface area contributed by atoms with E-state index >= 15 is 0 Å². The number of rotatable bonds is 7. The van der Waals surface area contributed by atoms with E-state index in [0.717, 1.165) is 57.8 Å². The number of carbonyl (C=O) groups is 1. The molecule has 36 heavy (non-hydrogen) atoms. The van der Waals surface area contributed by atoms with Crippen molar-refractivity contribution in [2.45, 2.75) is 103 Å². The van der Waals surface area contributed by atoms with E-state index in [2.05, 4.69) is 37.5 Å². The molecule has 1 heterocycles. The second kappa shape index (κ2) is 10.3. The number of nitrogens with one attached hydrogen (secondary N) is 1. The van der Waals surface area contributed by atoms with Crippen molar-refractivity contribution in [3.8, 4) is 0 Å². The lowest BCUT2D eigenvalue weighted by Gasteiger charge is -2.63. The molecule has 1 amide bonds. The maximum Gasteiger partial charge on any atom is 0.220 e. The van der Waals surface area contributed by atoms with Gasteiger partial charge in [0.1, 0.15) is 0 Å². The minimum Gasteiger partial charge on any atom is -0.393 e. The van der Waals surface area contributed by atoms with Crippen LogP contribution in [0.15, 0.2) is 17.5 Å². The maximum absolute atomic E-state index is 12.5. The summed E-state index contributed by atoms with van der Waals surface area (Å²) in [6.45, 7) is 7.63. The Kier molecular flexibility index (Phi) is 7.64. The molecule has 0 aromatic carbocycles. The van der Waals surface area contributed by atoms with Gasteiger partial charge in [0.25, 0.3) is 0 Å². The molecule has 4 aliphatic carbocycles. The third-order valence-corrected chi connectivity index (χ3v) is 12.6. The SMILES string of the molecule is C[C@H](CCC(=O)NCCc1cccs1)[C@H]1CC[C@H]2[C@@H]3[C@H](O)C[C@@H]4C[C@H](O)CC[C@]4(C)[C@H]3C[C@H](O)[C@]12C. The molecule has 6 heteroatoms. The fourth-order valence-corrected chi connectivity index (χ4v) is 10.3. The normalized spacial score (nSPS) is 44.8. The van der Waals surface area contributed by atoms with Gasteiger partial charge >= 0.3 is 0 Å². The van der Waals surface area contributed by atoms with Crippen molar-refractivity contribution in [3.63, 3.8) is 0 Å². The lowest BCUT2D eigenvalue weighted by molar-refractivity contribution is -0.207. The molecule has 0 spiro atoms. The van der Waals surface area contributed by atoms with E-state index in [9.17, 15) is 20.1 Å². The highest BCUT2D eigenvalue weighted by atomic mass is 32.1. The van der Waals surface area contributed by atoms with Crippen molar-refractivity contribution >= 4 is 17.2 Å².